The molecular weight excluding hydrogens is 424 g/mol. The molecule has 0 amide bonds. The van der Waals surface area contributed by atoms with Gasteiger partial charge in [-0.15, -0.1) is 23.5 Å². The first kappa shape index (κ1) is 24.1. The minimum absolute atomic E-state index is 0.451. The van der Waals surface area contributed by atoms with Crippen molar-refractivity contribution >= 4 is 23.5 Å². The molecular formula is C30H50S2. The molecule has 4 aliphatic carbocycles. The fourth-order valence-electron chi connectivity index (χ4n) is 9.52. The van der Waals surface area contributed by atoms with Crippen molar-refractivity contribution in [2.24, 2.45) is 46.3 Å². The standard InChI is InChI=1S/C30H50S2/c1-21(2)8-6-9-22(3)25-12-13-26-24-11-10-23-20-30(31-18-7-19-32-30)17-16-28(23,4)27(24)14-15-29(25,26)5/h20-22,24-27H,6-19H2,1-5H3/t22-,24+,25-,26+,27+,28+,29-/m1/s1. The predicted octanol–water partition coefficient (Wildman–Crippen LogP) is 9.59. The summed E-state index contributed by atoms with van der Waals surface area (Å²) in [5.74, 6) is 8.59. The lowest BCUT2D eigenvalue weighted by atomic mass is 9.46. The molecule has 0 unspecified atom stereocenters. The maximum atomic E-state index is 2.84. The molecule has 0 nitrogen and oxygen atoms in total. The summed E-state index contributed by atoms with van der Waals surface area (Å²) in [6.45, 7) is 12.9. The van der Waals surface area contributed by atoms with Gasteiger partial charge in [0.15, 0.2) is 0 Å². The smallest absolute Gasteiger partial charge is 0.0794 e. The molecule has 2 heteroatoms. The van der Waals surface area contributed by atoms with E-state index in [9.17, 15) is 0 Å². The second-order valence-corrected chi connectivity index (χ2v) is 16.5. The molecule has 0 radical (unpaired) electrons. The monoisotopic (exact) mass is 474 g/mol. The van der Waals surface area contributed by atoms with Gasteiger partial charge in [-0.1, -0.05) is 65.5 Å². The van der Waals surface area contributed by atoms with Crippen molar-refractivity contribution in [2.45, 2.75) is 116 Å². The molecule has 3 saturated carbocycles. The first-order valence-corrected chi connectivity index (χ1v) is 16.2. The summed E-state index contributed by atoms with van der Waals surface area (Å²) < 4.78 is 0.451. The molecule has 7 atom stereocenters. The summed E-state index contributed by atoms with van der Waals surface area (Å²) in [5, 5.41) is 0. The molecule has 1 spiro atoms. The van der Waals surface area contributed by atoms with E-state index in [-0.39, 0.29) is 0 Å². The van der Waals surface area contributed by atoms with Crippen LogP contribution in [0.2, 0.25) is 0 Å². The van der Waals surface area contributed by atoms with Crippen molar-refractivity contribution in [3.8, 4) is 0 Å². The second kappa shape index (κ2) is 9.15. The van der Waals surface area contributed by atoms with Gasteiger partial charge in [0.25, 0.3) is 0 Å². The van der Waals surface area contributed by atoms with E-state index in [0.717, 1.165) is 35.5 Å². The zero-order chi connectivity index (χ0) is 22.6. The number of thioether (sulfide) groups is 2. The highest BCUT2D eigenvalue weighted by Crippen LogP contribution is 2.69. The van der Waals surface area contributed by atoms with Crippen LogP contribution in [0.15, 0.2) is 11.6 Å². The quantitative estimate of drug-likeness (QED) is 0.364. The van der Waals surface area contributed by atoms with Crippen molar-refractivity contribution in [1.29, 1.82) is 0 Å². The average Bonchev–Trinajstić information content (AvgIpc) is 3.12. The van der Waals surface area contributed by atoms with Crippen molar-refractivity contribution in [3.63, 3.8) is 0 Å². The van der Waals surface area contributed by atoms with Crippen LogP contribution < -0.4 is 0 Å². The van der Waals surface area contributed by atoms with Gasteiger partial charge in [0.05, 0.1) is 4.08 Å². The van der Waals surface area contributed by atoms with E-state index in [1.54, 1.807) is 6.42 Å². The van der Waals surface area contributed by atoms with Crippen LogP contribution in [0.25, 0.3) is 0 Å². The predicted molar refractivity (Wildman–Crippen MR) is 145 cm³/mol. The van der Waals surface area contributed by atoms with Crippen molar-refractivity contribution < 1.29 is 0 Å². The fraction of sp³-hybridized carbons (Fsp3) is 0.933. The summed E-state index contributed by atoms with van der Waals surface area (Å²) in [5.41, 5.74) is 3.06. The molecule has 4 fully saturated rings. The Morgan fingerprint density at radius 1 is 0.906 bits per heavy atom. The van der Waals surface area contributed by atoms with Crippen molar-refractivity contribution in [3.05, 3.63) is 11.6 Å². The molecule has 0 N–H and O–H groups in total. The summed E-state index contributed by atoms with van der Waals surface area (Å²) >= 11 is 4.57. The maximum Gasteiger partial charge on any atom is 0.0794 e. The van der Waals surface area contributed by atoms with Gasteiger partial charge in [-0.3, -0.25) is 0 Å². The van der Waals surface area contributed by atoms with E-state index in [1.165, 1.54) is 82.1 Å². The minimum atomic E-state index is 0.451. The Kier molecular flexibility index (Phi) is 6.90. The van der Waals surface area contributed by atoms with Crippen LogP contribution in [0.1, 0.15) is 112 Å². The Morgan fingerprint density at radius 3 is 2.44 bits per heavy atom. The third-order valence-electron chi connectivity index (χ3n) is 11.3. The van der Waals surface area contributed by atoms with Crippen LogP contribution in [-0.2, 0) is 0 Å². The summed E-state index contributed by atoms with van der Waals surface area (Å²) in [6, 6.07) is 0. The normalized spacial score (nSPS) is 44.0. The van der Waals surface area contributed by atoms with Crippen LogP contribution in [0.4, 0.5) is 0 Å². The van der Waals surface area contributed by atoms with E-state index < -0.39 is 0 Å². The topological polar surface area (TPSA) is 0 Å². The zero-order valence-electron chi connectivity index (χ0n) is 21.8. The highest BCUT2D eigenvalue weighted by atomic mass is 32.2. The molecule has 32 heavy (non-hydrogen) atoms. The summed E-state index contributed by atoms with van der Waals surface area (Å²) in [4.78, 5) is 0. The van der Waals surface area contributed by atoms with Crippen LogP contribution in [-0.4, -0.2) is 15.6 Å². The Balaban J connectivity index is 1.31. The first-order chi connectivity index (χ1) is 15.3. The molecule has 0 aromatic carbocycles. The van der Waals surface area contributed by atoms with Gasteiger partial charge in [-0.25, -0.2) is 0 Å². The third kappa shape index (κ3) is 4.08. The Hall–Kier alpha value is 0.440. The lowest BCUT2D eigenvalue weighted by molar-refractivity contribution is -0.0593. The number of hydrogen-bond acceptors (Lipinski definition) is 2. The van der Waals surface area contributed by atoms with Crippen molar-refractivity contribution in [1.82, 2.24) is 0 Å². The molecule has 5 rings (SSSR count). The Labute approximate surface area is 208 Å². The van der Waals surface area contributed by atoms with E-state index >= 15 is 0 Å². The van der Waals surface area contributed by atoms with E-state index in [2.05, 4.69) is 64.2 Å². The number of rotatable bonds is 5. The lowest BCUT2D eigenvalue weighted by Gasteiger charge is -2.60. The minimum Gasteiger partial charge on any atom is -0.140 e. The molecule has 182 valence electrons. The number of allylic oxidation sites excluding steroid dienone is 1. The number of fused-ring (bicyclic) bond motifs is 5. The molecule has 0 aromatic heterocycles. The average molecular weight is 475 g/mol. The van der Waals surface area contributed by atoms with Crippen LogP contribution in [0.3, 0.4) is 0 Å². The summed E-state index contributed by atoms with van der Waals surface area (Å²) in [6.07, 6.45) is 20.5. The van der Waals surface area contributed by atoms with Gasteiger partial charge in [0, 0.05) is 0 Å². The van der Waals surface area contributed by atoms with Gasteiger partial charge in [0.1, 0.15) is 0 Å². The van der Waals surface area contributed by atoms with Crippen LogP contribution >= 0.6 is 23.5 Å². The molecule has 1 heterocycles. The Bertz CT molecular complexity index is 704. The molecule has 1 aliphatic heterocycles. The lowest BCUT2D eigenvalue weighted by Crippen LogP contribution is -2.51. The molecule has 0 aromatic rings. The van der Waals surface area contributed by atoms with E-state index in [0.29, 0.717) is 14.9 Å². The highest BCUT2D eigenvalue weighted by molar-refractivity contribution is 8.19. The van der Waals surface area contributed by atoms with E-state index in [1.807, 2.05) is 5.57 Å². The second-order valence-electron chi connectivity index (χ2n) is 13.4. The number of hydrogen-bond donors (Lipinski definition) is 0. The zero-order valence-corrected chi connectivity index (χ0v) is 23.4. The fourth-order valence-corrected chi connectivity index (χ4v) is 12.8. The molecule has 0 bridgehead atoms. The SMILES string of the molecule is CC(C)CCC[C@@H](C)[C@H]1CC[C@H]2[C@@H]3CCC4=CC5(CC[C@]4(C)[C@H]3CC[C@]12C)SCCCS5. The first-order valence-electron chi connectivity index (χ1n) is 14.3. The third-order valence-corrected chi connectivity index (χ3v) is 14.6. The van der Waals surface area contributed by atoms with Crippen molar-refractivity contribution in [2.75, 3.05) is 11.5 Å². The maximum absolute atomic E-state index is 2.84. The summed E-state index contributed by atoms with van der Waals surface area (Å²) in [7, 11) is 0. The molecule has 1 saturated heterocycles. The Morgan fingerprint density at radius 2 is 1.69 bits per heavy atom. The highest BCUT2D eigenvalue weighted by Gasteiger charge is 2.60. The van der Waals surface area contributed by atoms with Gasteiger partial charge in [-0.05, 0) is 116 Å². The largest absolute Gasteiger partial charge is 0.140 e. The van der Waals surface area contributed by atoms with Crippen LogP contribution in [0, 0.1) is 46.3 Å². The van der Waals surface area contributed by atoms with Crippen LogP contribution in [0.5, 0.6) is 0 Å². The van der Waals surface area contributed by atoms with E-state index in [4.69, 9.17) is 0 Å². The van der Waals surface area contributed by atoms with Gasteiger partial charge in [-0.2, -0.15) is 0 Å². The van der Waals surface area contributed by atoms with Gasteiger partial charge >= 0.3 is 0 Å². The molecule has 5 aliphatic rings. The van der Waals surface area contributed by atoms with Gasteiger partial charge in [0.2, 0.25) is 0 Å². The van der Waals surface area contributed by atoms with Gasteiger partial charge < -0.3 is 0 Å².